The van der Waals surface area contributed by atoms with Gasteiger partial charge in [0, 0.05) is 16.5 Å². The summed E-state index contributed by atoms with van der Waals surface area (Å²) >= 11 is 0. The number of ether oxygens (including phenoxy) is 4. The average molecular weight is 677 g/mol. The standard InChI is InChI=1S/C45H72O4/c1-9-13-17-21-29-46-37-27-25-35-39(41(37)48-31-23-19-15-11-3)45(33-43(35,5)6)34-44(7,8)36-26-28-38(47-30-22-18-14-10-2)42(40(36)45)49-32-24-20-16-12-4/h25-28H,9-24,29-34H2,1-8H3. The van der Waals surface area contributed by atoms with E-state index in [2.05, 4.69) is 79.7 Å². The minimum Gasteiger partial charge on any atom is -0.490 e. The summed E-state index contributed by atoms with van der Waals surface area (Å²) in [5, 5.41) is 0. The van der Waals surface area contributed by atoms with E-state index in [0.717, 1.165) is 88.0 Å². The maximum absolute atomic E-state index is 6.97. The average Bonchev–Trinajstić information content (AvgIpc) is 3.44. The maximum atomic E-state index is 6.97. The van der Waals surface area contributed by atoms with Crippen LogP contribution >= 0.6 is 0 Å². The molecule has 0 saturated carbocycles. The summed E-state index contributed by atoms with van der Waals surface area (Å²) in [6, 6.07) is 9.14. The fourth-order valence-corrected chi connectivity index (χ4v) is 8.79. The van der Waals surface area contributed by atoms with Crippen LogP contribution in [-0.4, -0.2) is 26.4 Å². The Morgan fingerprint density at radius 3 is 1.08 bits per heavy atom. The number of rotatable bonds is 24. The van der Waals surface area contributed by atoms with Crippen molar-refractivity contribution in [1.29, 1.82) is 0 Å². The molecule has 0 bridgehead atoms. The molecule has 0 N–H and O–H groups in total. The molecule has 0 heterocycles. The molecule has 49 heavy (non-hydrogen) atoms. The van der Waals surface area contributed by atoms with Gasteiger partial charge in [0.2, 0.25) is 0 Å². The molecule has 2 aromatic rings. The highest BCUT2D eigenvalue weighted by Gasteiger charge is 2.59. The molecule has 276 valence electrons. The van der Waals surface area contributed by atoms with E-state index in [1.165, 1.54) is 99.3 Å². The van der Waals surface area contributed by atoms with Crippen molar-refractivity contribution in [1.82, 2.24) is 0 Å². The summed E-state index contributed by atoms with van der Waals surface area (Å²) in [6.07, 6.45) is 21.0. The summed E-state index contributed by atoms with van der Waals surface area (Å²) in [6.45, 7) is 21.7. The van der Waals surface area contributed by atoms with E-state index >= 15 is 0 Å². The summed E-state index contributed by atoms with van der Waals surface area (Å²) in [7, 11) is 0. The molecule has 2 aliphatic carbocycles. The number of hydrogen-bond acceptors (Lipinski definition) is 4. The Balaban J connectivity index is 1.85. The van der Waals surface area contributed by atoms with Crippen LogP contribution in [0.1, 0.15) is 193 Å². The highest BCUT2D eigenvalue weighted by molar-refractivity contribution is 5.71. The Morgan fingerprint density at radius 1 is 0.429 bits per heavy atom. The zero-order chi connectivity index (χ0) is 35.3. The van der Waals surface area contributed by atoms with E-state index in [1.807, 2.05) is 0 Å². The molecule has 0 atom stereocenters. The molecule has 0 aromatic heterocycles. The highest BCUT2D eigenvalue weighted by Crippen LogP contribution is 2.68. The Labute approximate surface area is 301 Å². The van der Waals surface area contributed by atoms with Crippen molar-refractivity contribution in [2.24, 2.45) is 0 Å². The smallest absolute Gasteiger partial charge is 0.165 e. The van der Waals surface area contributed by atoms with Crippen LogP contribution in [0.15, 0.2) is 24.3 Å². The molecule has 0 fully saturated rings. The molecular formula is C45H72O4. The molecule has 0 aliphatic heterocycles. The van der Waals surface area contributed by atoms with E-state index in [9.17, 15) is 0 Å². The van der Waals surface area contributed by atoms with Crippen molar-refractivity contribution in [2.45, 2.75) is 187 Å². The molecule has 2 aliphatic rings. The Morgan fingerprint density at radius 2 is 0.755 bits per heavy atom. The van der Waals surface area contributed by atoms with Gasteiger partial charge in [-0.3, -0.25) is 0 Å². The minimum absolute atomic E-state index is 0.0254. The first-order valence-electron chi connectivity index (χ1n) is 20.5. The third kappa shape index (κ3) is 9.50. The zero-order valence-corrected chi connectivity index (χ0v) is 33.0. The normalized spacial score (nSPS) is 16.5. The Bertz CT molecular complexity index is 1190. The molecule has 4 nitrogen and oxygen atoms in total. The van der Waals surface area contributed by atoms with E-state index in [-0.39, 0.29) is 16.2 Å². The largest absolute Gasteiger partial charge is 0.490 e. The van der Waals surface area contributed by atoms with Crippen LogP contribution in [0.5, 0.6) is 23.0 Å². The summed E-state index contributed by atoms with van der Waals surface area (Å²) in [4.78, 5) is 0. The van der Waals surface area contributed by atoms with Crippen molar-refractivity contribution in [3.63, 3.8) is 0 Å². The van der Waals surface area contributed by atoms with Crippen molar-refractivity contribution in [3.05, 3.63) is 46.5 Å². The van der Waals surface area contributed by atoms with E-state index < -0.39 is 0 Å². The number of unbranched alkanes of at least 4 members (excludes halogenated alkanes) is 12. The van der Waals surface area contributed by atoms with Gasteiger partial charge in [0.05, 0.1) is 26.4 Å². The van der Waals surface area contributed by atoms with Crippen LogP contribution in [0, 0.1) is 0 Å². The summed E-state index contributed by atoms with van der Waals surface area (Å²) in [5.41, 5.74) is 5.20. The van der Waals surface area contributed by atoms with Gasteiger partial charge < -0.3 is 18.9 Å². The van der Waals surface area contributed by atoms with Gasteiger partial charge in [0.25, 0.3) is 0 Å². The summed E-state index contributed by atoms with van der Waals surface area (Å²) < 4.78 is 27.3. The summed E-state index contributed by atoms with van der Waals surface area (Å²) in [5.74, 6) is 3.80. The second-order valence-corrected chi connectivity index (χ2v) is 16.5. The lowest BCUT2D eigenvalue weighted by Crippen LogP contribution is -2.28. The zero-order valence-electron chi connectivity index (χ0n) is 33.0. The van der Waals surface area contributed by atoms with Crippen LogP contribution in [0.3, 0.4) is 0 Å². The van der Waals surface area contributed by atoms with Gasteiger partial charge in [-0.2, -0.15) is 0 Å². The quantitative estimate of drug-likeness (QED) is 0.104. The minimum atomic E-state index is -0.252. The van der Waals surface area contributed by atoms with E-state index in [4.69, 9.17) is 18.9 Å². The highest BCUT2D eigenvalue weighted by atomic mass is 16.5. The van der Waals surface area contributed by atoms with Crippen LogP contribution < -0.4 is 18.9 Å². The third-order valence-corrected chi connectivity index (χ3v) is 11.1. The molecule has 4 heteroatoms. The van der Waals surface area contributed by atoms with Gasteiger partial charge in [-0.15, -0.1) is 0 Å². The van der Waals surface area contributed by atoms with Gasteiger partial charge in [0.1, 0.15) is 0 Å². The van der Waals surface area contributed by atoms with Gasteiger partial charge in [0.15, 0.2) is 23.0 Å². The number of hydrogen-bond donors (Lipinski definition) is 0. The second-order valence-electron chi connectivity index (χ2n) is 16.5. The van der Waals surface area contributed by atoms with Crippen molar-refractivity contribution in [3.8, 4) is 23.0 Å². The molecule has 0 amide bonds. The third-order valence-electron chi connectivity index (χ3n) is 11.1. The van der Waals surface area contributed by atoms with Gasteiger partial charge in [-0.05, 0) is 72.6 Å². The van der Waals surface area contributed by atoms with Gasteiger partial charge >= 0.3 is 0 Å². The van der Waals surface area contributed by atoms with Gasteiger partial charge in [-0.1, -0.05) is 145 Å². The van der Waals surface area contributed by atoms with Crippen LogP contribution in [-0.2, 0) is 16.2 Å². The monoisotopic (exact) mass is 677 g/mol. The first-order chi connectivity index (χ1) is 23.7. The van der Waals surface area contributed by atoms with Crippen LogP contribution in [0.2, 0.25) is 0 Å². The van der Waals surface area contributed by atoms with Crippen molar-refractivity contribution in [2.75, 3.05) is 26.4 Å². The predicted molar refractivity (Wildman–Crippen MR) is 207 cm³/mol. The Kier molecular flexibility index (Phi) is 15.1. The van der Waals surface area contributed by atoms with Crippen molar-refractivity contribution >= 4 is 0 Å². The first kappa shape index (κ1) is 39.4. The van der Waals surface area contributed by atoms with Crippen LogP contribution in [0.4, 0.5) is 0 Å². The number of fused-ring (bicyclic) bond motifs is 4. The maximum Gasteiger partial charge on any atom is 0.165 e. The second kappa shape index (κ2) is 18.8. The molecule has 4 rings (SSSR count). The van der Waals surface area contributed by atoms with Crippen LogP contribution in [0.25, 0.3) is 0 Å². The van der Waals surface area contributed by atoms with Crippen molar-refractivity contribution < 1.29 is 18.9 Å². The lowest BCUT2D eigenvalue weighted by Gasteiger charge is -2.33. The SMILES string of the molecule is CCCCCCOc1ccc2c(c1OCCCCCC)C1(CC2(C)C)CC(C)(C)c2ccc(OCCCCCC)c(OCCCCCC)c21. The van der Waals surface area contributed by atoms with E-state index in [1.54, 1.807) is 0 Å². The number of benzene rings is 2. The predicted octanol–water partition coefficient (Wildman–Crippen LogP) is 13.2. The first-order valence-corrected chi connectivity index (χ1v) is 20.5. The lowest BCUT2D eigenvalue weighted by atomic mass is 9.72. The molecule has 0 unspecified atom stereocenters. The molecule has 2 aromatic carbocycles. The molecule has 0 saturated heterocycles. The fourth-order valence-electron chi connectivity index (χ4n) is 8.79. The molecule has 1 spiro atoms. The molecule has 0 radical (unpaired) electrons. The van der Waals surface area contributed by atoms with E-state index in [0.29, 0.717) is 0 Å². The molecular weight excluding hydrogens is 604 g/mol. The topological polar surface area (TPSA) is 36.9 Å². The fraction of sp³-hybridized carbons (Fsp3) is 0.733. The lowest BCUT2D eigenvalue weighted by molar-refractivity contribution is 0.245. The Hall–Kier alpha value is -2.36. The van der Waals surface area contributed by atoms with Gasteiger partial charge in [-0.25, -0.2) is 0 Å².